The summed E-state index contributed by atoms with van der Waals surface area (Å²) >= 11 is 1.53. The first-order valence-corrected chi connectivity index (χ1v) is 9.00. The van der Waals surface area contributed by atoms with Crippen molar-refractivity contribution in [3.8, 4) is 0 Å². The Hall–Kier alpha value is -1.66. The van der Waals surface area contributed by atoms with Crippen LogP contribution < -0.4 is 5.32 Å². The highest BCUT2D eigenvalue weighted by Gasteiger charge is 2.26. The van der Waals surface area contributed by atoms with Crippen LogP contribution in [0, 0.1) is 6.92 Å². The molecule has 2 aromatic rings. The molecule has 1 amide bonds. The number of aromatic nitrogens is 2. The van der Waals surface area contributed by atoms with E-state index in [4.69, 9.17) is 0 Å². The molecule has 5 nitrogen and oxygen atoms in total. The first kappa shape index (κ1) is 16.2. The molecule has 0 spiro atoms. The lowest BCUT2D eigenvalue weighted by atomic mass is 9.99. The molecular formula is C17H23N3O2S. The number of carbonyl (C=O) groups excluding carboxylic acids is 1. The van der Waals surface area contributed by atoms with E-state index in [-0.39, 0.29) is 12.5 Å². The molecule has 0 saturated heterocycles. The van der Waals surface area contributed by atoms with Crippen molar-refractivity contribution in [2.24, 2.45) is 0 Å². The van der Waals surface area contributed by atoms with Gasteiger partial charge >= 0.3 is 0 Å². The van der Waals surface area contributed by atoms with Crippen LogP contribution in [0.1, 0.15) is 60.3 Å². The number of nitrogens with zero attached hydrogens (tertiary/aromatic N) is 2. The van der Waals surface area contributed by atoms with Gasteiger partial charge in [-0.25, -0.2) is 0 Å². The molecule has 23 heavy (non-hydrogen) atoms. The molecule has 124 valence electrons. The first-order chi connectivity index (χ1) is 11.0. The van der Waals surface area contributed by atoms with Gasteiger partial charge in [0.05, 0.1) is 24.3 Å². The van der Waals surface area contributed by atoms with Gasteiger partial charge in [-0.3, -0.25) is 9.48 Å². The van der Waals surface area contributed by atoms with E-state index in [1.54, 1.807) is 13.1 Å². The van der Waals surface area contributed by atoms with Crippen molar-refractivity contribution in [2.75, 3.05) is 6.54 Å². The fourth-order valence-electron chi connectivity index (χ4n) is 3.18. The van der Waals surface area contributed by atoms with Crippen LogP contribution in [-0.4, -0.2) is 27.3 Å². The van der Waals surface area contributed by atoms with Gasteiger partial charge in [-0.1, -0.05) is 12.8 Å². The normalized spacial score (nSPS) is 18.0. The van der Waals surface area contributed by atoms with Gasteiger partial charge in [0.15, 0.2) is 0 Å². The molecule has 2 heterocycles. The van der Waals surface area contributed by atoms with Crippen LogP contribution in [0.2, 0.25) is 0 Å². The maximum absolute atomic E-state index is 12.4. The number of thiophene rings is 1. The van der Waals surface area contributed by atoms with Crippen molar-refractivity contribution in [3.63, 3.8) is 0 Å². The minimum atomic E-state index is -1.06. The van der Waals surface area contributed by atoms with Crippen molar-refractivity contribution >= 4 is 17.2 Å². The highest BCUT2D eigenvalue weighted by Crippen LogP contribution is 2.30. The fourth-order valence-corrected chi connectivity index (χ4v) is 3.97. The lowest BCUT2D eigenvalue weighted by molar-refractivity contribution is 0.0530. The summed E-state index contributed by atoms with van der Waals surface area (Å²) in [6.45, 7) is 3.83. The van der Waals surface area contributed by atoms with Crippen molar-refractivity contribution in [1.29, 1.82) is 0 Å². The molecule has 1 saturated carbocycles. The summed E-state index contributed by atoms with van der Waals surface area (Å²) in [5.41, 5.74) is 1.26. The third-order valence-corrected chi connectivity index (χ3v) is 5.38. The van der Waals surface area contributed by atoms with E-state index < -0.39 is 5.60 Å². The third-order valence-electron chi connectivity index (χ3n) is 4.70. The monoisotopic (exact) mass is 333 g/mol. The Morgan fingerprint density at radius 1 is 1.52 bits per heavy atom. The van der Waals surface area contributed by atoms with Gasteiger partial charge in [0.2, 0.25) is 0 Å². The molecule has 2 N–H and O–H groups in total. The molecule has 1 atom stereocenters. The maximum Gasteiger partial charge on any atom is 0.254 e. The predicted molar refractivity (Wildman–Crippen MR) is 90.7 cm³/mol. The first-order valence-electron chi connectivity index (χ1n) is 8.06. The molecule has 0 radical (unpaired) electrons. The highest BCUT2D eigenvalue weighted by atomic mass is 32.1. The van der Waals surface area contributed by atoms with Gasteiger partial charge in [-0.15, -0.1) is 0 Å². The van der Waals surface area contributed by atoms with Crippen LogP contribution in [-0.2, 0) is 5.60 Å². The Morgan fingerprint density at radius 3 is 2.91 bits per heavy atom. The fraction of sp³-hybridized carbons (Fsp3) is 0.529. The average Bonchev–Trinajstić information content (AvgIpc) is 3.25. The van der Waals surface area contributed by atoms with Crippen LogP contribution in [0.15, 0.2) is 23.0 Å². The van der Waals surface area contributed by atoms with Gasteiger partial charge in [0.1, 0.15) is 5.60 Å². The van der Waals surface area contributed by atoms with E-state index in [1.807, 2.05) is 28.4 Å². The predicted octanol–water partition coefficient (Wildman–Crippen LogP) is 3.01. The van der Waals surface area contributed by atoms with E-state index in [2.05, 4.69) is 10.4 Å². The van der Waals surface area contributed by atoms with Crippen molar-refractivity contribution in [2.45, 2.75) is 51.2 Å². The largest absolute Gasteiger partial charge is 0.384 e. The van der Waals surface area contributed by atoms with Gasteiger partial charge in [-0.2, -0.15) is 16.4 Å². The minimum absolute atomic E-state index is 0.177. The zero-order valence-electron chi connectivity index (χ0n) is 13.6. The highest BCUT2D eigenvalue weighted by molar-refractivity contribution is 7.08. The summed E-state index contributed by atoms with van der Waals surface area (Å²) in [7, 11) is 0. The van der Waals surface area contributed by atoms with Crippen molar-refractivity contribution in [3.05, 3.63) is 39.8 Å². The molecule has 1 fully saturated rings. The summed E-state index contributed by atoms with van der Waals surface area (Å²) in [4.78, 5) is 12.4. The Kier molecular flexibility index (Phi) is 4.55. The number of hydrogen-bond donors (Lipinski definition) is 2. The topological polar surface area (TPSA) is 67.2 Å². The van der Waals surface area contributed by atoms with Gasteiger partial charge in [0, 0.05) is 5.69 Å². The Labute approximate surface area is 140 Å². The van der Waals surface area contributed by atoms with Crippen LogP contribution in [0.3, 0.4) is 0 Å². The molecule has 0 aromatic carbocycles. The Morgan fingerprint density at radius 2 is 2.26 bits per heavy atom. The van der Waals surface area contributed by atoms with Crippen molar-refractivity contribution < 1.29 is 9.90 Å². The second-order valence-corrected chi connectivity index (χ2v) is 7.28. The van der Waals surface area contributed by atoms with E-state index in [0.29, 0.717) is 11.6 Å². The van der Waals surface area contributed by atoms with Gasteiger partial charge < -0.3 is 10.4 Å². The number of amides is 1. The van der Waals surface area contributed by atoms with Crippen LogP contribution in [0.25, 0.3) is 0 Å². The van der Waals surface area contributed by atoms with Crippen LogP contribution in [0.4, 0.5) is 0 Å². The molecular weight excluding hydrogens is 310 g/mol. The molecule has 1 aliphatic carbocycles. The third kappa shape index (κ3) is 3.33. The van der Waals surface area contributed by atoms with E-state index >= 15 is 0 Å². The van der Waals surface area contributed by atoms with E-state index in [1.165, 1.54) is 24.2 Å². The standard InChI is InChI=1S/C17H23N3O2S/c1-12-15(9-19-20(12)14-5-3-4-6-14)16(21)18-11-17(2,22)13-7-8-23-10-13/h7-10,14,22H,3-6,11H2,1-2H3,(H,18,21). The lowest BCUT2D eigenvalue weighted by Gasteiger charge is -2.22. The summed E-state index contributed by atoms with van der Waals surface area (Å²) in [5.74, 6) is -0.178. The summed E-state index contributed by atoms with van der Waals surface area (Å²) in [6.07, 6.45) is 6.37. The molecule has 6 heteroatoms. The maximum atomic E-state index is 12.4. The molecule has 0 aliphatic heterocycles. The summed E-state index contributed by atoms with van der Waals surface area (Å²) in [5, 5.41) is 21.5. The minimum Gasteiger partial charge on any atom is -0.384 e. The second-order valence-electron chi connectivity index (χ2n) is 6.50. The average molecular weight is 333 g/mol. The van der Waals surface area contributed by atoms with Crippen molar-refractivity contribution in [1.82, 2.24) is 15.1 Å². The van der Waals surface area contributed by atoms with Gasteiger partial charge in [0.25, 0.3) is 5.91 Å². The molecule has 3 rings (SSSR count). The number of aliphatic hydroxyl groups is 1. The molecule has 0 bridgehead atoms. The lowest BCUT2D eigenvalue weighted by Crippen LogP contribution is -2.38. The van der Waals surface area contributed by atoms with Gasteiger partial charge in [-0.05, 0) is 49.1 Å². The number of carbonyl (C=O) groups is 1. The van der Waals surface area contributed by atoms with E-state index in [0.717, 1.165) is 24.1 Å². The molecule has 1 unspecified atom stereocenters. The van der Waals surface area contributed by atoms with Crippen LogP contribution in [0.5, 0.6) is 0 Å². The second kappa shape index (κ2) is 6.45. The SMILES string of the molecule is Cc1c(C(=O)NCC(C)(O)c2ccsc2)cnn1C1CCCC1. The Bertz CT molecular complexity index is 670. The van der Waals surface area contributed by atoms with Crippen LogP contribution >= 0.6 is 11.3 Å². The summed E-state index contributed by atoms with van der Waals surface area (Å²) < 4.78 is 1.99. The number of hydrogen-bond acceptors (Lipinski definition) is 4. The molecule has 1 aliphatic rings. The smallest absolute Gasteiger partial charge is 0.254 e. The Balaban J connectivity index is 1.67. The number of rotatable bonds is 5. The zero-order chi connectivity index (χ0) is 16.4. The quantitative estimate of drug-likeness (QED) is 0.884. The van der Waals surface area contributed by atoms with E-state index in [9.17, 15) is 9.90 Å². The zero-order valence-corrected chi connectivity index (χ0v) is 14.4. The molecule has 2 aromatic heterocycles. The number of nitrogens with one attached hydrogen (secondary N) is 1. The summed E-state index contributed by atoms with van der Waals surface area (Å²) in [6, 6.07) is 2.30.